The maximum absolute atomic E-state index is 15.4. The van der Waals surface area contributed by atoms with E-state index in [0.717, 1.165) is 76.3 Å². The number of nitrogens with one attached hydrogen (secondary N) is 2. The van der Waals surface area contributed by atoms with Crippen molar-refractivity contribution in [2.75, 3.05) is 99.6 Å². The van der Waals surface area contributed by atoms with Crippen LogP contribution in [-0.4, -0.2) is 120 Å². The molecule has 3 fully saturated rings. The Bertz CT molecular complexity index is 1930. The normalized spacial score (nSPS) is 17.1. The standard InChI is InChI=1S/C38H44FN7O3.C6H11NO2.Na/c1-27-20-33(7-5-31(27)26-47)43-16-14-42(15-17-43)25-29-10-12-44(13-11-29)36-9-6-32(21-35(36)39)41-38(48)45-18-19-46(28(2)24-45)34-8-4-30(23-40)37(22-34)49-3;1-7-6(9)4-2-3-5-8;/h4-9,20-22,28-29H,1,10-19,24-25H2,2-3H3,(H,41,48);5H,2-4H2,1H3,(H,7,9);/q-2;;+1. The zero-order chi connectivity index (χ0) is 41.6. The number of piperazine rings is 2. The van der Waals surface area contributed by atoms with Crippen LogP contribution in [-0.2, 0) is 14.4 Å². The Kier molecular flexibility index (Phi) is 18.4. The summed E-state index contributed by atoms with van der Waals surface area (Å²) >= 11 is 0. The summed E-state index contributed by atoms with van der Waals surface area (Å²) in [6.45, 7) is 14.1. The number of carbonyl (C=O) groups is 3. The number of methoxy groups -OCH3 is 1. The first-order chi connectivity index (χ1) is 28.1. The molecule has 59 heavy (non-hydrogen) atoms. The third kappa shape index (κ3) is 12.8. The predicted molar refractivity (Wildman–Crippen MR) is 225 cm³/mol. The minimum atomic E-state index is -0.329. The largest absolute Gasteiger partial charge is 1.00 e. The van der Waals surface area contributed by atoms with Gasteiger partial charge >= 0.3 is 35.6 Å². The number of piperidine rings is 1. The smallest absolute Gasteiger partial charge is 0.495 e. The van der Waals surface area contributed by atoms with Crippen molar-refractivity contribution in [3.05, 3.63) is 84.0 Å². The van der Waals surface area contributed by atoms with Gasteiger partial charge in [-0.25, -0.2) is 15.3 Å². The molecule has 3 saturated heterocycles. The van der Waals surface area contributed by atoms with E-state index in [-0.39, 0.29) is 53.4 Å². The number of ether oxygens (including phenoxy) is 1. The second kappa shape index (κ2) is 23.1. The van der Waals surface area contributed by atoms with Crippen LogP contribution in [0.3, 0.4) is 0 Å². The molecule has 0 spiro atoms. The molecule has 2 N–H and O–H groups in total. The van der Waals surface area contributed by atoms with E-state index in [1.165, 1.54) is 6.07 Å². The average Bonchev–Trinajstić information content (AvgIpc) is 3.24. The van der Waals surface area contributed by atoms with E-state index < -0.39 is 0 Å². The van der Waals surface area contributed by atoms with Crippen LogP contribution in [0.2, 0.25) is 0 Å². The van der Waals surface area contributed by atoms with Gasteiger partial charge in [0.25, 0.3) is 0 Å². The number of unbranched alkanes of at least 4 members (excludes halogenated alkanes) is 1. The Morgan fingerprint density at radius 1 is 0.983 bits per heavy atom. The molecule has 3 amide bonds. The van der Waals surface area contributed by atoms with E-state index in [4.69, 9.17) is 4.74 Å². The van der Waals surface area contributed by atoms with Crippen LogP contribution in [0.5, 0.6) is 5.75 Å². The van der Waals surface area contributed by atoms with Crippen LogP contribution in [0.25, 0.3) is 0 Å². The fraction of sp³-hybridized carbons (Fsp3) is 0.455. The van der Waals surface area contributed by atoms with Crippen molar-refractivity contribution in [1.29, 1.82) is 5.26 Å². The third-order valence-corrected chi connectivity index (χ3v) is 11.2. The summed E-state index contributed by atoms with van der Waals surface area (Å²) in [6.07, 6.45) is 6.36. The number of nitrogens with zero attached hydrogens (tertiary/aromatic N) is 6. The number of rotatable bonds is 12. The molecule has 3 aliphatic heterocycles. The maximum atomic E-state index is 15.4. The van der Waals surface area contributed by atoms with Crippen molar-refractivity contribution >= 4 is 47.3 Å². The molecule has 3 aromatic rings. The Morgan fingerprint density at radius 2 is 1.71 bits per heavy atom. The van der Waals surface area contributed by atoms with Crippen LogP contribution in [0.4, 0.5) is 31.9 Å². The number of carbonyl (C=O) groups excluding carboxylic acids is 4. The van der Waals surface area contributed by atoms with E-state index in [1.54, 1.807) is 43.3 Å². The topological polar surface area (TPSA) is 142 Å². The Hall–Kier alpha value is -4.81. The van der Waals surface area contributed by atoms with E-state index in [1.807, 2.05) is 30.6 Å². The van der Waals surface area contributed by atoms with Crippen molar-refractivity contribution in [2.45, 2.75) is 45.1 Å². The van der Waals surface area contributed by atoms with E-state index in [9.17, 15) is 24.4 Å². The fourth-order valence-corrected chi connectivity index (χ4v) is 7.78. The first-order valence-electron chi connectivity index (χ1n) is 20.0. The van der Waals surface area contributed by atoms with Gasteiger partial charge < -0.3 is 44.6 Å². The van der Waals surface area contributed by atoms with Crippen LogP contribution in [0, 0.1) is 30.0 Å². The molecule has 1 atom stereocenters. The maximum Gasteiger partial charge on any atom is 1.00 e. The average molecular weight is 818 g/mol. The summed E-state index contributed by atoms with van der Waals surface area (Å²) in [4.78, 5) is 55.3. The summed E-state index contributed by atoms with van der Waals surface area (Å²) in [6, 6.07) is 18.2. The van der Waals surface area contributed by atoms with Gasteiger partial charge in [-0.05, 0) is 74.4 Å². The van der Waals surface area contributed by atoms with Gasteiger partial charge in [0.2, 0.25) is 5.91 Å². The van der Waals surface area contributed by atoms with Crippen molar-refractivity contribution < 1.29 is 57.9 Å². The quantitative estimate of drug-likeness (QED) is 0.121. The van der Waals surface area contributed by atoms with E-state index in [2.05, 4.69) is 50.1 Å². The number of benzene rings is 3. The summed E-state index contributed by atoms with van der Waals surface area (Å²) in [7, 11) is 3.14. The molecule has 0 radical (unpaired) electrons. The van der Waals surface area contributed by atoms with Crippen LogP contribution in [0.15, 0.2) is 54.6 Å². The Balaban J connectivity index is 0.000000689. The summed E-state index contributed by atoms with van der Waals surface area (Å²) in [5.41, 5.74) is 4.76. The molecule has 0 aliphatic carbocycles. The molecule has 13 nitrogen and oxygen atoms in total. The second-order valence-corrected chi connectivity index (χ2v) is 15.0. The Labute approximate surface area is 370 Å². The predicted octanol–water partition coefficient (Wildman–Crippen LogP) is 2.23. The van der Waals surface area contributed by atoms with Crippen molar-refractivity contribution in [1.82, 2.24) is 15.1 Å². The number of urea groups is 1. The monoisotopic (exact) mass is 817 g/mol. The minimum Gasteiger partial charge on any atom is -0.495 e. The number of hydrogen-bond donors (Lipinski definition) is 2. The summed E-state index contributed by atoms with van der Waals surface area (Å²) in [5, 5.41) is 14.7. The van der Waals surface area contributed by atoms with Gasteiger partial charge in [-0.3, -0.25) is 27.7 Å². The van der Waals surface area contributed by atoms with Crippen molar-refractivity contribution in [2.24, 2.45) is 5.92 Å². The molecule has 310 valence electrons. The number of nitriles is 1. The van der Waals surface area contributed by atoms with Crippen molar-refractivity contribution in [3.8, 4) is 11.8 Å². The number of aldehydes is 1. The fourth-order valence-electron chi connectivity index (χ4n) is 7.78. The molecule has 0 aromatic heterocycles. The van der Waals surface area contributed by atoms with E-state index >= 15 is 4.39 Å². The van der Waals surface area contributed by atoms with Gasteiger partial charge in [0, 0.05) is 109 Å². The van der Waals surface area contributed by atoms with Gasteiger partial charge in [-0.15, -0.1) is 6.07 Å². The van der Waals surface area contributed by atoms with Gasteiger partial charge in [-0.1, -0.05) is 0 Å². The van der Waals surface area contributed by atoms with E-state index in [0.29, 0.717) is 78.6 Å². The molecular formula is C44H55FN8NaO5-. The first kappa shape index (κ1) is 46.9. The summed E-state index contributed by atoms with van der Waals surface area (Å²) < 4.78 is 20.7. The third-order valence-electron chi connectivity index (χ3n) is 11.2. The van der Waals surface area contributed by atoms with Gasteiger partial charge in [-0.2, -0.15) is 11.3 Å². The van der Waals surface area contributed by atoms with Gasteiger partial charge in [0.05, 0.1) is 18.4 Å². The molecule has 0 bridgehead atoms. The number of halogens is 1. The minimum absolute atomic E-state index is 0. The second-order valence-electron chi connectivity index (χ2n) is 15.0. The molecule has 3 heterocycles. The molecule has 3 aromatic carbocycles. The SMILES string of the molecule is CNC(=O)CCCC=O.[CH2-]c1cc(N2CCN(CC3CCN(c4ccc(NC(=O)N5CCN(c6ccc(C#N)c(OC)c6)C(C)C5)cc4F)CC3)CC2)ccc1[C-]=O.[Na+]. The zero-order valence-corrected chi connectivity index (χ0v) is 36.8. The zero-order valence-electron chi connectivity index (χ0n) is 34.8. The molecule has 15 heteroatoms. The van der Waals surface area contributed by atoms with Crippen LogP contribution < -0.4 is 59.6 Å². The molecular weight excluding hydrogens is 763 g/mol. The molecule has 1 unspecified atom stereocenters. The van der Waals surface area contributed by atoms with Gasteiger partial charge in [0.1, 0.15) is 23.9 Å². The first-order valence-corrected chi connectivity index (χ1v) is 20.0. The number of hydrogen-bond acceptors (Lipinski definition) is 10. The van der Waals surface area contributed by atoms with Crippen LogP contribution in [0.1, 0.15) is 55.7 Å². The molecule has 0 saturated carbocycles. The number of anilines is 4. The van der Waals surface area contributed by atoms with Crippen molar-refractivity contribution in [3.63, 3.8) is 0 Å². The molecule has 3 aliphatic rings. The Morgan fingerprint density at radius 3 is 2.32 bits per heavy atom. The summed E-state index contributed by atoms with van der Waals surface area (Å²) in [5.74, 6) is 0.766. The van der Waals surface area contributed by atoms with Gasteiger partial charge in [0.15, 0.2) is 0 Å². The molecule has 6 rings (SSSR count). The van der Waals surface area contributed by atoms with Crippen LogP contribution >= 0.6 is 0 Å². The number of amides is 3.